The zero-order valence-corrected chi connectivity index (χ0v) is 8.38. The minimum Gasteiger partial charge on any atom is -0.477 e. The lowest BCUT2D eigenvalue weighted by atomic mass is 9.98. The van der Waals surface area contributed by atoms with Crippen LogP contribution in [0, 0.1) is 0 Å². The first-order chi connectivity index (χ1) is 6.70. The van der Waals surface area contributed by atoms with Crippen molar-refractivity contribution in [2.75, 3.05) is 0 Å². The van der Waals surface area contributed by atoms with Gasteiger partial charge in [0, 0.05) is 5.92 Å². The summed E-state index contributed by atoms with van der Waals surface area (Å²) < 4.78 is 0. The highest BCUT2D eigenvalue weighted by Crippen LogP contribution is 2.33. The summed E-state index contributed by atoms with van der Waals surface area (Å²) in [7, 11) is 0. The average Bonchev–Trinajstić information content (AvgIpc) is 2.60. The molecule has 0 saturated heterocycles. The molecule has 2 rings (SSSR count). The monoisotopic (exact) mass is 206 g/mol. The number of benzene rings is 1. The summed E-state index contributed by atoms with van der Waals surface area (Å²) >= 11 is 4.91. The highest BCUT2D eigenvalue weighted by Gasteiger charge is 2.28. The summed E-state index contributed by atoms with van der Waals surface area (Å²) in [6.45, 7) is 0. The number of carbonyl (C=O) groups is 1. The third kappa shape index (κ3) is 1.44. The molecule has 0 spiro atoms. The molecular formula is C11H10O2S. The Balaban J connectivity index is 2.35. The Hall–Kier alpha value is -1.22. The van der Waals surface area contributed by atoms with Crippen molar-refractivity contribution in [1.29, 1.82) is 0 Å². The number of fused-ring (bicyclic) bond motifs is 1. The zero-order chi connectivity index (χ0) is 10.1. The molecule has 14 heavy (non-hydrogen) atoms. The smallest absolute Gasteiger partial charge is 0.343 e. The van der Waals surface area contributed by atoms with Crippen molar-refractivity contribution < 1.29 is 9.90 Å². The van der Waals surface area contributed by atoms with Crippen molar-refractivity contribution in [1.82, 2.24) is 0 Å². The fourth-order valence-corrected chi connectivity index (χ4v) is 2.22. The molecule has 0 amide bonds. The van der Waals surface area contributed by atoms with Crippen LogP contribution in [0.5, 0.6) is 0 Å². The Bertz CT molecular complexity index is 398. The second kappa shape index (κ2) is 3.50. The molecule has 0 heterocycles. The van der Waals surface area contributed by atoms with E-state index >= 15 is 0 Å². The summed E-state index contributed by atoms with van der Waals surface area (Å²) in [6, 6.07) is 7.93. The number of hydrogen-bond acceptors (Lipinski definition) is 2. The molecule has 0 radical (unpaired) electrons. The molecule has 1 unspecified atom stereocenters. The van der Waals surface area contributed by atoms with Crippen LogP contribution >= 0.6 is 12.2 Å². The quantitative estimate of drug-likeness (QED) is 0.753. The number of hydrogen-bond donors (Lipinski definition) is 1. The molecule has 1 aliphatic carbocycles. The molecule has 0 bridgehead atoms. The Morgan fingerprint density at radius 3 is 2.86 bits per heavy atom. The molecule has 1 N–H and O–H groups in total. The molecule has 1 aromatic rings. The maximum absolute atomic E-state index is 10.8. The van der Waals surface area contributed by atoms with Crippen molar-refractivity contribution in [2.24, 2.45) is 0 Å². The Kier molecular flexibility index (Phi) is 2.33. The molecular weight excluding hydrogens is 196 g/mol. The van der Waals surface area contributed by atoms with Crippen LogP contribution in [0.2, 0.25) is 0 Å². The molecule has 3 heteroatoms. The van der Waals surface area contributed by atoms with Gasteiger partial charge in [0.05, 0.1) is 0 Å². The standard InChI is InChI=1S/C11H10O2S/c12-11(13)10(14)9-6-5-7-3-1-2-4-8(7)9/h1-4,9H,5-6H2,(H,12,13). The van der Waals surface area contributed by atoms with Crippen LogP contribution in [0.4, 0.5) is 0 Å². The number of carboxylic acid groups (broad SMARTS) is 1. The highest BCUT2D eigenvalue weighted by atomic mass is 32.1. The third-order valence-corrected chi connectivity index (χ3v) is 3.12. The van der Waals surface area contributed by atoms with Gasteiger partial charge in [-0.2, -0.15) is 0 Å². The van der Waals surface area contributed by atoms with Gasteiger partial charge in [0.25, 0.3) is 0 Å². The van der Waals surface area contributed by atoms with E-state index in [-0.39, 0.29) is 10.8 Å². The SMILES string of the molecule is O=C(O)C(=S)C1CCc2ccccc21. The van der Waals surface area contributed by atoms with Crippen molar-refractivity contribution in [2.45, 2.75) is 18.8 Å². The second-order valence-electron chi connectivity index (χ2n) is 3.46. The van der Waals surface area contributed by atoms with Gasteiger partial charge in [0.2, 0.25) is 0 Å². The molecule has 0 aromatic heterocycles. The summed E-state index contributed by atoms with van der Waals surface area (Å²) in [5, 5.41) is 8.83. The van der Waals surface area contributed by atoms with Gasteiger partial charge in [-0.05, 0) is 24.0 Å². The van der Waals surface area contributed by atoms with Crippen LogP contribution < -0.4 is 0 Å². The largest absolute Gasteiger partial charge is 0.477 e. The van der Waals surface area contributed by atoms with Crippen molar-refractivity contribution in [3.63, 3.8) is 0 Å². The summed E-state index contributed by atoms with van der Waals surface area (Å²) in [4.78, 5) is 10.9. The predicted molar refractivity (Wildman–Crippen MR) is 57.7 cm³/mol. The van der Waals surface area contributed by atoms with E-state index in [0.717, 1.165) is 18.4 Å². The Labute approximate surface area is 87.6 Å². The predicted octanol–water partition coefficient (Wildman–Crippen LogP) is 2.17. The van der Waals surface area contributed by atoms with E-state index < -0.39 is 5.97 Å². The van der Waals surface area contributed by atoms with Crippen LogP contribution in [0.25, 0.3) is 0 Å². The molecule has 0 fully saturated rings. The fraction of sp³-hybridized carbons (Fsp3) is 0.273. The van der Waals surface area contributed by atoms with E-state index in [1.54, 1.807) is 0 Å². The van der Waals surface area contributed by atoms with E-state index in [0.29, 0.717) is 0 Å². The van der Waals surface area contributed by atoms with Gasteiger partial charge in [-0.1, -0.05) is 36.5 Å². The molecule has 0 aliphatic heterocycles. The molecule has 1 aromatic carbocycles. The summed E-state index contributed by atoms with van der Waals surface area (Å²) in [6.07, 6.45) is 1.78. The molecule has 1 aliphatic rings. The van der Waals surface area contributed by atoms with Gasteiger partial charge in [0.15, 0.2) is 0 Å². The first-order valence-corrected chi connectivity index (χ1v) is 4.96. The zero-order valence-electron chi connectivity index (χ0n) is 7.56. The minimum atomic E-state index is -0.957. The van der Waals surface area contributed by atoms with E-state index in [4.69, 9.17) is 17.3 Å². The van der Waals surface area contributed by atoms with E-state index in [9.17, 15) is 4.79 Å². The second-order valence-corrected chi connectivity index (χ2v) is 3.90. The lowest BCUT2D eigenvalue weighted by Gasteiger charge is -2.08. The van der Waals surface area contributed by atoms with Crippen LogP contribution in [0.1, 0.15) is 23.5 Å². The first kappa shape index (κ1) is 9.34. The normalized spacial score (nSPS) is 19.0. The maximum Gasteiger partial charge on any atom is 0.343 e. The highest BCUT2D eigenvalue weighted by molar-refractivity contribution is 7.82. The van der Waals surface area contributed by atoms with E-state index in [2.05, 4.69) is 0 Å². The van der Waals surface area contributed by atoms with Gasteiger partial charge in [-0.3, -0.25) is 0 Å². The first-order valence-electron chi connectivity index (χ1n) is 4.55. The lowest BCUT2D eigenvalue weighted by molar-refractivity contribution is -0.129. The fourth-order valence-electron chi connectivity index (χ4n) is 1.98. The van der Waals surface area contributed by atoms with Gasteiger partial charge >= 0.3 is 5.97 Å². The van der Waals surface area contributed by atoms with Crippen molar-refractivity contribution >= 4 is 23.1 Å². The molecule has 72 valence electrons. The third-order valence-electron chi connectivity index (χ3n) is 2.66. The van der Waals surface area contributed by atoms with Crippen LogP contribution in [-0.4, -0.2) is 15.9 Å². The van der Waals surface area contributed by atoms with E-state index in [1.807, 2.05) is 24.3 Å². The van der Waals surface area contributed by atoms with Crippen molar-refractivity contribution in [3.05, 3.63) is 35.4 Å². The average molecular weight is 206 g/mol. The Morgan fingerprint density at radius 1 is 1.43 bits per heavy atom. The summed E-state index contributed by atoms with van der Waals surface area (Å²) in [5.41, 5.74) is 2.33. The molecule has 1 atom stereocenters. The lowest BCUT2D eigenvalue weighted by Crippen LogP contribution is -2.17. The maximum atomic E-state index is 10.8. The van der Waals surface area contributed by atoms with Gasteiger partial charge in [-0.15, -0.1) is 0 Å². The van der Waals surface area contributed by atoms with E-state index in [1.165, 1.54) is 5.56 Å². The molecule has 0 saturated carbocycles. The topological polar surface area (TPSA) is 37.3 Å². The van der Waals surface area contributed by atoms with Gasteiger partial charge < -0.3 is 5.11 Å². The van der Waals surface area contributed by atoms with Gasteiger partial charge in [-0.25, -0.2) is 4.79 Å². The minimum absolute atomic E-state index is 0.0568. The number of thiocarbonyl (C=S) groups is 1. The number of aryl methyl sites for hydroxylation is 1. The number of aliphatic carboxylic acids is 1. The van der Waals surface area contributed by atoms with Crippen molar-refractivity contribution in [3.8, 4) is 0 Å². The van der Waals surface area contributed by atoms with Crippen LogP contribution in [0.3, 0.4) is 0 Å². The van der Waals surface area contributed by atoms with Crippen LogP contribution in [0.15, 0.2) is 24.3 Å². The van der Waals surface area contributed by atoms with Crippen LogP contribution in [-0.2, 0) is 11.2 Å². The summed E-state index contributed by atoms with van der Waals surface area (Å²) in [5.74, 6) is -1.01. The Morgan fingerprint density at radius 2 is 2.14 bits per heavy atom. The number of rotatable bonds is 2. The molecule has 2 nitrogen and oxygen atoms in total. The number of carboxylic acids is 1. The van der Waals surface area contributed by atoms with Gasteiger partial charge in [0.1, 0.15) is 4.86 Å².